The molecule has 0 amide bonds. The zero-order chi connectivity index (χ0) is 23.3. The quantitative estimate of drug-likeness (QED) is 0.480. The number of aliphatic hydroxyl groups excluding tert-OH is 1. The SMILES string of the molecule is CCCCc1cc(C[C@@H]2CS(=O)(=O)C[C@H](NCc3cccc(C(C)C)c3)[C@H]2O)ccc1O.Cl. The number of unbranched alkanes of at least 4 members (excludes halogenated alkanes) is 1. The number of halogens is 1. The second kappa shape index (κ2) is 12.2. The predicted molar refractivity (Wildman–Crippen MR) is 137 cm³/mol. The molecular formula is C26H38ClNO4S. The number of hydrogen-bond donors (Lipinski definition) is 3. The van der Waals surface area contributed by atoms with Crippen LogP contribution in [0.2, 0.25) is 0 Å². The summed E-state index contributed by atoms with van der Waals surface area (Å²) in [7, 11) is -3.26. The number of phenols is 1. The summed E-state index contributed by atoms with van der Waals surface area (Å²) in [6.07, 6.45) is 2.54. The highest BCUT2D eigenvalue weighted by molar-refractivity contribution is 7.91. The third-order valence-corrected chi connectivity index (χ3v) is 8.23. The molecule has 7 heteroatoms. The van der Waals surface area contributed by atoms with Gasteiger partial charge in [0.05, 0.1) is 17.6 Å². The molecule has 2 aromatic rings. The van der Waals surface area contributed by atoms with Crippen molar-refractivity contribution in [3.63, 3.8) is 0 Å². The lowest BCUT2D eigenvalue weighted by atomic mass is 9.90. The largest absolute Gasteiger partial charge is 0.508 e. The van der Waals surface area contributed by atoms with Crippen LogP contribution in [0, 0.1) is 5.92 Å². The molecule has 5 nitrogen and oxygen atoms in total. The second-order valence-electron chi connectivity index (χ2n) is 9.49. The minimum Gasteiger partial charge on any atom is -0.508 e. The molecule has 1 heterocycles. The lowest BCUT2D eigenvalue weighted by Crippen LogP contribution is -2.54. The third-order valence-electron chi connectivity index (χ3n) is 6.42. The molecule has 33 heavy (non-hydrogen) atoms. The minimum atomic E-state index is -3.26. The molecule has 3 atom stereocenters. The molecule has 0 spiro atoms. The van der Waals surface area contributed by atoms with E-state index in [0.717, 1.165) is 36.0 Å². The van der Waals surface area contributed by atoms with Crippen molar-refractivity contribution < 1.29 is 18.6 Å². The van der Waals surface area contributed by atoms with Gasteiger partial charge in [0.2, 0.25) is 0 Å². The monoisotopic (exact) mass is 495 g/mol. The van der Waals surface area contributed by atoms with Crippen molar-refractivity contribution in [1.82, 2.24) is 5.32 Å². The zero-order valence-corrected chi connectivity index (χ0v) is 21.5. The highest BCUT2D eigenvalue weighted by Crippen LogP contribution is 2.27. The van der Waals surface area contributed by atoms with Gasteiger partial charge in [-0.3, -0.25) is 0 Å². The first-order valence-corrected chi connectivity index (χ1v) is 13.5. The van der Waals surface area contributed by atoms with Crippen LogP contribution >= 0.6 is 12.4 Å². The van der Waals surface area contributed by atoms with Crippen molar-refractivity contribution in [3.8, 4) is 5.75 Å². The smallest absolute Gasteiger partial charge is 0.152 e. The first kappa shape index (κ1) is 27.6. The van der Waals surface area contributed by atoms with Crippen LogP contribution in [0.1, 0.15) is 61.8 Å². The molecule has 1 aliphatic heterocycles. The van der Waals surface area contributed by atoms with E-state index >= 15 is 0 Å². The predicted octanol–water partition coefficient (Wildman–Crippen LogP) is 4.39. The van der Waals surface area contributed by atoms with Crippen molar-refractivity contribution in [1.29, 1.82) is 0 Å². The Morgan fingerprint density at radius 2 is 1.85 bits per heavy atom. The molecule has 1 saturated heterocycles. The number of aromatic hydroxyl groups is 1. The molecular weight excluding hydrogens is 458 g/mol. The van der Waals surface area contributed by atoms with Gasteiger partial charge in [-0.1, -0.05) is 63.6 Å². The molecule has 0 saturated carbocycles. The van der Waals surface area contributed by atoms with Crippen molar-refractivity contribution in [2.24, 2.45) is 5.92 Å². The van der Waals surface area contributed by atoms with E-state index in [-0.39, 0.29) is 35.6 Å². The van der Waals surface area contributed by atoms with E-state index in [2.05, 4.69) is 38.2 Å². The van der Waals surface area contributed by atoms with Gasteiger partial charge in [0, 0.05) is 18.5 Å². The fraction of sp³-hybridized carbons (Fsp3) is 0.538. The van der Waals surface area contributed by atoms with E-state index in [0.29, 0.717) is 18.9 Å². The van der Waals surface area contributed by atoms with Crippen LogP contribution in [0.15, 0.2) is 42.5 Å². The van der Waals surface area contributed by atoms with Crippen LogP contribution in [0.25, 0.3) is 0 Å². The van der Waals surface area contributed by atoms with Crippen LogP contribution in [0.5, 0.6) is 5.75 Å². The maximum Gasteiger partial charge on any atom is 0.152 e. The Labute approximate surface area is 205 Å². The van der Waals surface area contributed by atoms with Gasteiger partial charge in [-0.05, 0) is 53.5 Å². The minimum absolute atomic E-state index is 0. The summed E-state index contributed by atoms with van der Waals surface area (Å²) in [6.45, 7) is 6.92. The zero-order valence-electron chi connectivity index (χ0n) is 19.8. The molecule has 1 fully saturated rings. The normalized spacial score (nSPS) is 22.2. The Morgan fingerprint density at radius 1 is 1.09 bits per heavy atom. The van der Waals surface area contributed by atoms with E-state index in [4.69, 9.17) is 0 Å². The summed E-state index contributed by atoms with van der Waals surface area (Å²) in [5.41, 5.74) is 4.17. The van der Waals surface area contributed by atoms with E-state index in [1.165, 1.54) is 5.56 Å². The fourth-order valence-corrected chi connectivity index (χ4v) is 6.47. The van der Waals surface area contributed by atoms with Crippen LogP contribution < -0.4 is 5.32 Å². The Balaban J connectivity index is 0.00000385. The molecule has 0 aromatic heterocycles. The molecule has 0 bridgehead atoms. The molecule has 1 aliphatic rings. The van der Waals surface area contributed by atoms with Gasteiger partial charge in [0.15, 0.2) is 9.84 Å². The number of nitrogens with one attached hydrogen (secondary N) is 1. The molecule has 3 rings (SSSR count). The van der Waals surface area contributed by atoms with Crippen LogP contribution in [-0.2, 0) is 29.2 Å². The van der Waals surface area contributed by atoms with Crippen LogP contribution in [0.4, 0.5) is 0 Å². The molecule has 3 N–H and O–H groups in total. The molecule has 0 radical (unpaired) electrons. The van der Waals surface area contributed by atoms with Gasteiger partial charge in [-0.15, -0.1) is 12.4 Å². The Hall–Kier alpha value is -1.60. The van der Waals surface area contributed by atoms with Gasteiger partial charge >= 0.3 is 0 Å². The summed E-state index contributed by atoms with van der Waals surface area (Å²) in [4.78, 5) is 0. The Bertz CT molecular complexity index is 1010. The number of hydrogen-bond acceptors (Lipinski definition) is 5. The molecule has 0 aliphatic carbocycles. The average Bonchev–Trinajstić information content (AvgIpc) is 2.75. The summed E-state index contributed by atoms with van der Waals surface area (Å²) in [5, 5.41) is 24.5. The standard InChI is InChI=1S/C26H37NO4S.ClH/c1-4-5-8-22-12-19(10-11-25(22)28)13-23-16-32(30,31)17-24(26(23)29)27-15-20-7-6-9-21(14-20)18(2)3;/h6-7,9-12,14,18,23-24,26-29H,4-5,8,13,15-17H2,1-3H3;1H/t23-,24+,26+;/m1./s1. The Morgan fingerprint density at radius 3 is 2.55 bits per heavy atom. The maximum absolute atomic E-state index is 12.6. The van der Waals surface area contributed by atoms with Gasteiger partial charge in [0.25, 0.3) is 0 Å². The average molecular weight is 496 g/mol. The number of aryl methyl sites for hydroxylation is 1. The summed E-state index contributed by atoms with van der Waals surface area (Å²) < 4.78 is 25.3. The molecule has 2 aromatic carbocycles. The molecule has 184 valence electrons. The van der Waals surface area contributed by atoms with Gasteiger partial charge < -0.3 is 15.5 Å². The Kier molecular flexibility index (Phi) is 10.2. The topological polar surface area (TPSA) is 86.6 Å². The maximum atomic E-state index is 12.6. The van der Waals surface area contributed by atoms with Crippen molar-refractivity contribution in [2.75, 3.05) is 11.5 Å². The summed E-state index contributed by atoms with van der Waals surface area (Å²) >= 11 is 0. The lowest BCUT2D eigenvalue weighted by molar-refractivity contribution is 0.0781. The van der Waals surface area contributed by atoms with E-state index < -0.39 is 22.0 Å². The van der Waals surface area contributed by atoms with Gasteiger partial charge in [0.1, 0.15) is 5.75 Å². The fourth-order valence-electron chi connectivity index (χ4n) is 4.50. The summed E-state index contributed by atoms with van der Waals surface area (Å²) in [6, 6.07) is 13.2. The van der Waals surface area contributed by atoms with Crippen LogP contribution in [0.3, 0.4) is 0 Å². The van der Waals surface area contributed by atoms with Gasteiger partial charge in [-0.25, -0.2) is 8.42 Å². The number of rotatable bonds is 9. The number of benzene rings is 2. The van der Waals surface area contributed by atoms with E-state index in [1.807, 2.05) is 24.3 Å². The van der Waals surface area contributed by atoms with E-state index in [1.54, 1.807) is 6.07 Å². The third kappa shape index (κ3) is 7.71. The summed E-state index contributed by atoms with van der Waals surface area (Å²) in [5.74, 6) is 0.262. The number of aliphatic hydroxyl groups is 1. The van der Waals surface area contributed by atoms with Crippen molar-refractivity contribution in [2.45, 2.75) is 71.1 Å². The number of sulfone groups is 1. The van der Waals surface area contributed by atoms with Crippen LogP contribution in [-0.4, -0.2) is 42.3 Å². The number of phenolic OH excluding ortho intramolecular Hbond substituents is 1. The highest BCUT2D eigenvalue weighted by atomic mass is 35.5. The molecule has 0 unspecified atom stereocenters. The van der Waals surface area contributed by atoms with Crippen molar-refractivity contribution >= 4 is 22.2 Å². The lowest BCUT2D eigenvalue weighted by Gasteiger charge is -2.35. The first-order valence-electron chi connectivity index (χ1n) is 11.7. The first-order chi connectivity index (χ1) is 15.2. The highest BCUT2D eigenvalue weighted by Gasteiger charge is 2.39. The van der Waals surface area contributed by atoms with Crippen molar-refractivity contribution in [3.05, 3.63) is 64.7 Å². The van der Waals surface area contributed by atoms with Gasteiger partial charge in [-0.2, -0.15) is 0 Å². The second-order valence-corrected chi connectivity index (χ2v) is 11.6. The van der Waals surface area contributed by atoms with E-state index in [9.17, 15) is 18.6 Å².